The largest absolute Gasteiger partial charge is 0.496 e. The molecule has 0 atom stereocenters. The summed E-state index contributed by atoms with van der Waals surface area (Å²) in [5, 5.41) is 7.24. The van der Waals surface area contributed by atoms with Crippen molar-refractivity contribution in [2.45, 2.75) is 20.1 Å². The Hall–Kier alpha value is -4.10. The van der Waals surface area contributed by atoms with Crippen molar-refractivity contribution in [1.82, 2.24) is 9.78 Å². The molecule has 8 heteroatoms. The molecule has 0 saturated carbocycles. The number of ether oxygens (including phenoxy) is 2. The molecule has 0 spiro atoms. The zero-order chi connectivity index (χ0) is 25.5. The number of hydrogen-bond donors (Lipinski definition) is 1. The second kappa shape index (κ2) is 11.6. The average molecular weight is 506 g/mol. The highest BCUT2D eigenvalue weighted by Crippen LogP contribution is 2.24. The number of anilines is 1. The first-order valence-electron chi connectivity index (χ1n) is 11.2. The van der Waals surface area contributed by atoms with Crippen LogP contribution in [-0.4, -0.2) is 22.8 Å². The minimum atomic E-state index is -0.408. The maximum absolute atomic E-state index is 14.0. The van der Waals surface area contributed by atoms with Crippen LogP contribution in [-0.2, 0) is 17.9 Å². The van der Waals surface area contributed by atoms with Gasteiger partial charge in [0.15, 0.2) is 0 Å². The van der Waals surface area contributed by atoms with Gasteiger partial charge in [-0.15, -0.1) is 0 Å². The maximum Gasteiger partial charge on any atom is 0.248 e. The minimum absolute atomic E-state index is 0.149. The molecule has 1 aromatic heterocycles. The van der Waals surface area contributed by atoms with Gasteiger partial charge in [0.25, 0.3) is 0 Å². The van der Waals surface area contributed by atoms with Gasteiger partial charge in [-0.1, -0.05) is 35.9 Å². The van der Waals surface area contributed by atoms with Crippen molar-refractivity contribution in [3.63, 3.8) is 0 Å². The van der Waals surface area contributed by atoms with Crippen LogP contribution >= 0.6 is 11.6 Å². The first kappa shape index (κ1) is 25.0. The summed E-state index contributed by atoms with van der Waals surface area (Å²) >= 11 is 6.08. The predicted molar refractivity (Wildman–Crippen MR) is 139 cm³/mol. The Morgan fingerprint density at radius 3 is 2.78 bits per heavy atom. The minimum Gasteiger partial charge on any atom is -0.496 e. The van der Waals surface area contributed by atoms with Gasteiger partial charge in [-0.3, -0.25) is 9.48 Å². The molecule has 3 aromatic carbocycles. The van der Waals surface area contributed by atoms with E-state index in [-0.39, 0.29) is 12.5 Å². The van der Waals surface area contributed by atoms with E-state index >= 15 is 0 Å². The maximum atomic E-state index is 14.0. The van der Waals surface area contributed by atoms with Crippen molar-refractivity contribution >= 4 is 29.3 Å². The van der Waals surface area contributed by atoms with Crippen LogP contribution in [0.3, 0.4) is 0 Å². The number of methoxy groups -OCH3 is 1. The van der Waals surface area contributed by atoms with Gasteiger partial charge in [0.2, 0.25) is 5.91 Å². The lowest BCUT2D eigenvalue weighted by molar-refractivity contribution is -0.111. The van der Waals surface area contributed by atoms with Gasteiger partial charge < -0.3 is 14.8 Å². The molecule has 0 bridgehead atoms. The van der Waals surface area contributed by atoms with E-state index in [2.05, 4.69) is 10.4 Å². The fourth-order valence-electron chi connectivity index (χ4n) is 3.60. The number of halogens is 2. The highest BCUT2D eigenvalue weighted by molar-refractivity contribution is 6.31. The van der Waals surface area contributed by atoms with Crippen molar-refractivity contribution in [3.8, 4) is 11.5 Å². The Kier molecular flexibility index (Phi) is 8.02. The number of carbonyl (C=O) groups is 1. The summed E-state index contributed by atoms with van der Waals surface area (Å²) < 4.78 is 26.9. The molecule has 184 valence electrons. The number of carbonyl (C=O) groups excluding carboxylic acids is 1. The van der Waals surface area contributed by atoms with Crippen LogP contribution in [0.1, 0.15) is 22.3 Å². The average Bonchev–Trinajstić information content (AvgIpc) is 3.30. The molecule has 4 aromatic rings. The van der Waals surface area contributed by atoms with E-state index in [1.165, 1.54) is 23.0 Å². The number of rotatable bonds is 9. The molecule has 1 N–H and O–H groups in total. The number of aryl methyl sites for hydroxylation is 1. The van der Waals surface area contributed by atoms with Crippen LogP contribution in [0, 0.1) is 12.7 Å². The lowest BCUT2D eigenvalue weighted by atomic mass is 10.1. The third kappa shape index (κ3) is 6.52. The first-order valence-corrected chi connectivity index (χ1v) is 11.6. The molecule has 0 aliphatic carbocycles. The number of aromatic nitrogens is 2. The number of benzene rings is 3. The Morgan fingerprint density at radius 2 is 2.00 bits per heavy atom. The van der Waals surface area contributed by atoms with E-state index in [1.807, 2.05) is 49.4 Å². The van der Waals surface area contributed by atoms with Gasteiger partial charge in [-0.05, 0) is 60.5 Å². The van der Waals surface area contributed by atoms with Crippen molar-refractivity contribution in [1.29, 1.82) is 0 Å². The van der Waals surface area contributed by atoms with E-state index < -0.39 is 5.82 Å². The zero-order valence-electron chi connectivity index (χ0n) is 19.9. The fourth-order valence-corrected chi connectivity index (χ4v) is 3.82. The van der Waals surface area contributed by atoms with Crippen molar-refractivity contribution in [3.05, 3.63) is 112 Å². The Balaban J connectivity index is 1.38. The number of hydrogen-bond acceptors (Lipinski definition) is 4. The Labute approximate surface area is 213 Å². The number of nitrogens with one attached hydrogen (secondary N) is 1. The van der Waals surface area contributed by atoms with Gasteiger partial charge >= 0.3 is 0 Å². The SMILES string of the molecule is COc1ccc(/C=C/C(=O)Nc2cnn(Cc3c(F)cccc3Cl)c2)cc1COc1cccc(C)c1. The molecule has 0 saturated heterocycles. The molecular weight excluding hydrogens is 481 g/mol. The first-order chi connectivity index (χ1) is 17.4. The molecule has 1 heterocycles. The van der Waals surface area contributed by atoms with Crippen LogP contribution in [0.4, 0.5) is 10.1 Å². The van der Waals surface area contributed by atoms with E-state index in [4.69, 9.17) is 21.1 Å². The van der Waals surface area contributed by atoms with E-state index in [0.29, 0.717) is 28.6 Å². The quantitative estimate of drug-likeness (QED) is 0.272. The summed E-state index contributed by atoms with van der Waals surface area (Å²) in [5.41, 5.74) is 3.61. The second-order valence-electron chi connectivity index (χ2n) is 8.13. The molecular formula is C28H25ClFN3O3. The second-order valence-corrected chi connectivity index (χ2v) is 8.53. The highest BCUT2D eigenvalue weighted by atomic mass is 35.5. The van der Waals surface area contributed by atoms with Crippen molar-refractivity contribution in [2.24, 2.45) is 0 Å². The van der Waals surface area contributed by atoms with Crippen LogP contribution in [0.5, 0.6) is 11.5 Å². The number of amides is 1. The fraction of sp³-hybridized carbons (Fsp3) is 0.143. The van der Waals surface area contributed by atoms with E-state index in [9.17, 15) is 9.18 Å². The molecule has 0 aliphatic heterocycles. The van der Waals surface area contributed by atoms with Crippen LogP contribution < -0.4 is 14.8 Å². The summed E-state index contributed by atoms with van der Waals surface area (Å²) in [5.74, 6) is 0.739. The summed E-state index contributed by atoms with van der Waals surface area (Å²) in [6.45, 7) is 2.48. The highest BCUT2D eigenvalue weighted by Gasteiger charge is 2.10. The summed E-state index contributed by atoms with van der Waals surface area (Å²) in [6, 6.07) is 17.9. The molecule has 0 radical (unpaired) electrons. The third-order valence-electron chi connectivity index (χ3n) is 5.40. The van der Waals surface area contributed by atoms with Gasteiger partial charge in [0, 0.05) is 28.4 Å². The van der Waals surface area contributed by atoms with Gasteiger partial charge in [-0.2, -0.15) is 5.10 Å². The smallest absolute Gasteiger partial charge is 0.248 e. The normalized spacial score (nSPS) is 11.0. The van der Waals surface area contributed by atoms with Crippen LogP contribution in [0.15, 0.2) is 79.1 Å². The van der Waals surface area contributed by atoms with Gasteiger partial charge in [0.05, 0.1) is 25.5 Å². The lowest BCUT2D eigenvalue weighted by Gasteiger charge is -2.11. The van der Waals surface area contributed by atoms with Gasteiger partial charge in [-0.25, -0.2) is 4.39 Å². The topological polar surface area (TPSA) is 65.4 Å². The molecule has 6 nitrogen and oxygen atoms in total. The summed E-state index contributed by atoms with van der Waals surface area (Å²) in [4.78, 5) is 12.4. The predicted octanol–water partition coefficient (Wildman–Crippen LogP) is 6.27. The van der Waals surface area contributed by atoms with Crippen molar-refractivity contribution < 1.29 is 18.7 Å². The van der Waals surface area contributed by atoms with Crippen molar-refractivity contribution in [2.75, 3.05) is 12.4 Å². The lowest BCUT2D eigenvalue weighted by Crippen LogP contribution is -2.07. The Bertz CT molecular complexity index is 1380. The molecule has 4 rings (SSSR count). The van der Waals surface area contributed by atoms with E-state index in [1.54, 1.807) is 31.5 Å². The third-order valence-corrected chi connectivity index (χ3v) is 5.75. The zero-order valence-corrected chi connectivity index (χ0v) is 20.6. The summed E-state index contributed by atoms with van der Waals surface area (Å²) in [7, 11) is 1.61. The van der Waals surface area contributed by atoms with Crippen LogP contribution in [0.2, 0.25) is 5.02 Å². The van der Waals surface area contributed by atoms with E-state index in [0.717, 1.165) is 22.4 Å². The molecule has 36 heavy (non-hydrogen) atoms. The summed E-state index contributed by atoms with van der Waals surface area (Å²) in [6.07, 6.45) is 6.24. The number of nitrogens with zero attached hydrogens (tertiary/aromatic N) is 2. The van der Waals surface area contributed by atoms with Crippen LogP contribution in [0.25, 0.3) is 6.08 Å². The molecule has 0 fully saturated rings. The molecule has 1 amide bonds. The Morgan fingerprint density at radius 1 is 1.17 bits per heavy atom. The standard InChI is InChI=1S/C28H25ClFN3O3/c1-19-5-3-6-23(13-19)36-18-21-14-20(9-11-27(21)35-2)10-12-28(34)32-22-15-31-33(16-22)17-24-25(29)7-4-8-26(24)30/h3-16H,17-18H2,1-2H3,(H,32,34)/b12-10+. The monoisotopic (exact) mass is 505 g/mol. The van der Waals surface area contributed by atoms with Gasteiger partial charge in [0.1, 0.15) is 23.9 Å². The molecule has 0 unspecified atom stereocenters. The molecule has 0 aliphatic rings.